The maximum absolute atomic E-state index is 10.8. The number of pyridine rings is 1. The first-order valence-corrected chi connectivity index (χ1v) is 7.15. The number of aromatic nitrogens is 1. The molecule has 0 aliphatic carbocycles. The van der Waals surface area contributed by atoms with Gasteiger partial charge in [-0.2, -0.15) is 0 Å². The van der Waals surface area contributed by atoms with Crippen molar-refractivity contribution < 1.29 is 4.92 Å². The lowest BCUT2D eigenvalue weighted by Crippen LogP contribution is -2.24. The zero-order valence-corrected chi connectivity index (χ0v) is 12.4. The molecule has 104 valence electrons. The zero-order valence-electron chi connectivity index (χ0n) is 10.8. The van der Waals surface area contributed by atoms with Crippen LogP contribution < -0.4 is 10.6 Å². The monoisotopic (exact) mass is 328 g/mol. The van der Waals surface area contributed by atoms with E-state index < -0.39 is 4.92 Å². The highest BCUT2D eigenvalue weighted by molar-refractivity contribution is 9.10. The van der Waals surface area contributed by atoms with Crippen molar-refractivity contribution in [3.05, 3.63) is 26.3 Å². The summed E-state index contributed by atoms with van der Waals surface area (Å²) in [6.07, 6.45) is 4.79. The number of hydrogen-bond acceptors (Lipinski definition) is 5. The van der Waals surface area contributed by atoms with Crippen LogP contribution in [0.15, 0.2) is 10.7 Å². The lowest BCUT2D eigenvalue weighted by Gasteiger charge is -2.12. The minimum absolute atomic E-state index is 0.0369. The third-order valence-corrected chi connectivity index (χ3v) is 4.35. The molecule has 19 heavy (non-hydrogen) atoms. The summed E-state index contributed by atoms with van der Waals surface area (Å²) in [6.45, 7) is 3.62. The van der Waals surface area contributed by atoms with Crippen LogP contribution in [0.5, 0.6) is 0 Å². The van der Waals surface area contributed by atoms with Gasteiger partial charge in [0.2, 0.25) is 0 Å². The fourth-order valence-electron chi connectivity index (χ4n) is 2.24. The van der Waals surface area contributed by atoms with Gasteiger partial charge in [0.05, 0.1) is 9.40 Å². The molecule has 1 aromatic rings. The van der Waals surface area contributed by atoms with Crippen LogP contribution in [0.1, 0.15) is 24.8 Å². The molecule has 1 saturated heterocycles. The van der Waals surface area contributed by atoms with Crippen LogP contribution in [0, 0.1) is 17.0 Å². The topological polar surface area (TPSA) is 80.1 Å². The summed E-state index contributed by atoms with van der Waals surface area (Å²) >= 11 is 3.37. The standard InChI is InChI=1S/C12H17BrN4O2/c1-8-10(17(18)19)7-16-12(11(8)13)15-6-4-9-3-2-5-14-9/h7,9,14H,2-6H2,1H3,(H,15,16). The largest absolute Gasteiger partial charge is 0.369 e. The van der Waals surface area contributed by atoms with Crippen molar-refractivity contribution in [2.45, 2.75) is 32.2 Å². The Morgan fingerprint density at radius 2 is 2.47 bits per heavy atom. The summed E-state index contributed by atoms with van der Waals surface area (Å²) in [6, 6.07) is 0.574. The van der Waals surface area contributed by atoms with Gasteiger partial charge in [0.1, 0.15) is 12.0 Å². The molecule has 0 bridgehead atoms. The second kappa shape index (κ2) is 6.29. The summed E-state index contributed by atoms with van der Waals surface area (Å²) in [5, 5.41) is 17.4. The number of nitro groups is 1. The van der Waals surface area contributed by atoms with Crippen LogP contribution >= 0.6 is 15.9 Å². The molecule has 2 rings (SSSR count). The third-order valence-electron chi connectivity index (χ3n) is 3.38. The van der Waals surface area contributed by atoms with Gasteiger partial charge < -0.3 is 10.6 Å². The summed E-state index contributed by atoms with van der Waals surface area (Å²) < 4.78 is 0.668. The first-order valence-electron chi connectivity index (χ1n) is 6.36. The predicted octanol–water partition coefficient (Wildman–Crippen LogP) is 2.61. The van der Waals surface area contributed by atoms with Crippen molar-refractivity contribution >= 4 is 27.4 Å². The third kappa shape index (κ3) is 3.42. The van der Waals surface area contributed by atoms with Crippen LogP contribution in [0.25, 0.3) is 0 Å². The average molecular weight is 329 g/mol. The first kappa shape index (κ1) is 14.2. The lowest BCUT2D eigenvalue weighted by atomic mass is 10.1. The van der Waals surface area contributed by atoms with Gasteiger partial charge >= 0.3 is 0 Å². The highest BCUT2D eigenvalue weighted by Crippen LogP contribution is 2.30. The summed E-state index contributed by atoms with van der Waals surface area (Å²) in [5.41, 5.74) is 0.636. The van der Waals surface area contributed by atoms with Gasteiger partial charge in [-0.1, -0.05) is 0 Å². The second-order valence-electron chi connectivity index (χ2n) is 4.70. The molecule has 1 aliphatic heterocycles. The van der Waals surface area contributed by atoms with E-state index in [2.05, 4.69) is 31.5 Å². The van der Waals surface area contributed by atoms with E-state index >= 15 is 0 Å². The molecule has 0 radical (unpaired) electrons. The van der Waals surface area contributed by atoms with E-state index in [0.717, 1.165) is 19.5 Å². The Morgan fingerprint density at radius 3 is 3.11 bits per heavy atom. The van der Waals surface area contributed by atoms with Gasteiger partial charge in [-0.05, 0) is 48.7 Å². The van der Waals surface area contributed by atoms with Crippen molar-refractivity contribution in [2.75, 3.05) is 18.4 Å². The van der Waals surface area contributed by atoms with E-state index in [0.29, 0.717) is 21.9 Å². The summed E-state index contributed by atoms with van der Waals surface area (Å²) in [5.74, 6) is 0.668. The van der Waals surface area contributed by atoms with Crippen LogP contribution in [-0.2, 0) is 0 Å². The second-order valence-corrected chi connectivity index (χ2v) is 5.49. The summed E-state index contributed by atoms with van der Waals surface area (Å²) in [7, 11) is 0. The Balaban J connectivity index is 1.96. The van der Waals surface area contributed by atoms with E-state index in [1.807, 2.05) is 0 Å². The van der Waals surface area contributed by atoms with Gasteiger partial charge in [-0.15, -0.1) is 0 Å². The van der Waals surface area contributed by atoms with E-state index in [-0.39, 0.29) is 5.69 Å². The molecule has 2 N–H and O–H groups in total. The van der Waals surface area contributed by atoms with Gasteiger partial charge in [0.15, 0.2) is 0 Å². The maximum Gasteiger partial charge on any atom is 0.291 e. The van der Waals surface area contributed by atoms with Crippen LogP contribution in [0.4, 0.5) is 11.5 Å². The molecular formula is C12H17BrN4O2. The van der Waals surface area contributed by atoms with Crippen LogP contribution in [0.2, 0.25) is 0 Å². The number of nitrogens with one attached hydrogen (secondary N) is 2. The average Bonchev–Trinajstić information content (AvgIpc) is 2.87. The van der Waals surface area contributed by atoms with Crippen LogP contribution in [0.3, 0.4) is 0 Å². The maximum atomic E-state index is 10.8. The number of hydrogen-bond donors (Lipinski definition) is 2. The van der Waals surface area contributed by atoms with E-state index in [4.69, 9.17) is 0 Å². The number of rotatable bonds is 5. The molecule has 2 heterocycles. The number of nitrogens with zero attached hydrogens (tertiary/aromatic N) is 2. The molecule has 0 saturated carbocycles. The van der Waals surface area contributed by atoms with Gasteiger partial charge in [0.25, 0.3) is 5.69 Å². The summed E-state index contributed by atoms with van der Waals surface area (Å²) in [4.78, 5) is 14.5. The fourth-order valence-corrected chi connectivity index (χ4v) is 2.69. The first-order chi connectivity index (χ1) is 9.09. The normalized spacial score (nSPS) is 18.5. The highest BCUT2D eigenvalue weighted by Gasteiger charge is 2.18. The van der Waals surface area contributed by atoms with Gasteiger partial charge in [-0.25, -0.2) is 4.98 Å². The molecule has 1 aliphatic rings. The fraction of sp³-hybridized carbons (Fsp3) is 0.583. The minimum Gasteiger partial charge on any atom is -0.369 e. The molecule has 1 atom stereocenters. The molecular weight excluding hydrogens is 312 g/mol. The van der Waals surface area contributed by atoms with Crippen molar-refractivity contribution in [3.63, 3.8) is 0 Å². The molecule has 1 aromatic heterocycles. The Bertz CT molecular complexity index is 475. The molecule has 6 nitrogen and oxygen atoms in total. The molecule has 0 spiro atoms. The van der Waals surface area contributed by atoms with Gasteiger partial charge in [-0.3, -0.25) is 10.1 Å². The van der Waals surface area contributed by atoms with Crippen molar-refractivity contribution in [2.24, 2.45) is 0 Å². The lowest BCUT2D eigenvalue weighted by molar-refractivity contribution is -0.385. The van der Waals surface area contributed by atoms with E-state index in [1.165, 1.54) is 19.0 Å². The molecule has 7 heteroatoms. The smallest absolute Gasteiger partial charge is 0.291 e. The molecule has 0 aromatic carbocycles. The van der Waals surface area contributed by atoms with Crippen molar-refractivity contribution in [1.82, 2.24) is 10.3 Å². The van der Waals surface area contributed by atoms with E-state index in [1.54, 1.807) is 6.92 Å². The molecule has 1 fully saturated rings. The van der Waals surface area contributed by atoms with Crippen LogP contribution in [-0.4, -0.2) is 29.0 Å². The molecule has 0 amide bonds. The van der Waals surface area contributed by atoms with E-state index in [9.17, 15) is 10.1 Å². The minimum atomic E-state index is -0.417. The Hall–Kier alpha value is -1.21. The Kier molecular flexibility index (Phi) is 4.71. The zero-order chi connectivity index (χ0) is 13.8. The quantitative estimate of drug-likeness (QED) is 0.641. The SMILES string of the molecule is Cc1c([N+](=O)[O-])cnc(NCCC2CCCN2)c1Br. The number of anilines is 1. The number of halogens is 1. The predicted molar refractivity (Wildman–Crippen MR) is 77.5 cm³/mol. The van der Waals surface area contributed by atoms with Gasteiger partial charge in [0, 0.05) is 18.2 Å². The van der Waals surface area contributed by atoms with Crippen molar-refractivity contribution in [3.8, 4) is 0 Å². The van der Waals surface area contributed by atoms with Crippen molar-refractivity contribution in [1.29, 1.82) is 0 Å². The molecule has 1 unspecified atom stereocenters. The highest BCUT2D eigenvalue weighted by atomic mass is 79.9. The Morgan fingerprint density at radius 1 is 1.68 bits per heavy atom. The Labute approximate surface area is 120 Å².